The molecule has 0 aromatic heterocycles. The third kappa shape index (κ3) is 2.77. The van der Waals surface area contributed by atoms with E-state index < -0.39 is 17.3 Å². The largest absolute Gasteiger partial charge is 0.444 e. The number of carbonyl (C=O) groups is 1. The summed E-state index contributed by atoms with van der Waals surface area (Å²) in [6.45, 7) is 8.50. The zero-order valence-electron chi connectivity index (χ0n) is 12.8. The van der Waals surface area contributed by atoms with E-state index in [0.717, 1.165) is 0 Å². The second-order valence-electron chi connectivity index (χ2n) is 6.92. The Labute approximate surface area is 120 Å². The maximum absolute atomic E-state index is 12.0. The Morgan fingerprint density at radius 1 is 1.40 bits per heavy atom. The van der Waals surface area contributed by atoms with Crippen LogP contribution in [0.25, 0.3) is 0 Å². The van der Waals surface area contributed by atoms with Gasteiger partial charge in [0, 0.05) is 24.5 Å². The van der Waals surface area contributed by atoms with Crippen LogP contribution < -0.4 is 5.73 Å². The van der Waals surface area contributed by atoms with Crippen molar-refractivity contribution in [3.8, 4) is 0 Å². The highest BCUT2D eigenvalue weighted by molar-refractivity contribution is 5.68. The molecule has 1 unspecified atom stereocenters. The van der Waals surface area contributed by atoms with Gasteiger partial charge in [-0.3, -0.25) is 0 Å². The second kappa shape index (κ2) is 5.16. The number of nitrogens with two attached hydrogens (primary N) is 1. The van der Waals surface area contributed by atoms with Gasteiger partial charge in [0.25, 0.3) is 0 Å². The van der Waals surface area contributed by atoms with Gasteiger partial charge in [0.05, 0.1) is 6.10 Å². The molecule has 3 atom stereocenters. The molecule has 2 aliphatic rings. The topological polar surface area (TPSA) is 85.0 Å². The van der Waals surface area contributed by atoms with E-state index in [9.17, 15) is 9.90 Å². The molecule has 3 N–H and O–H groups in total. The maximum atomic E-state index is 12.0. The summed E-state index contributed by atoms with van der Waals surface area (Å²) >= 11 is 0. The summed E-state index contributed by atoms with van der Waals surface area (Å²) in [5.41, 5.74) is 5.26. The van der Waals surface area contributed by atoms with E-state index in [1.165, 1.54) is 0 Å². The highest BCUT2D eigenvalue weighted by Crippen LogP contribution is 2.45. The van der Waals surface area contributed by atoms with Crippen molar-refractivity contribution in [3.63, 3.8) is 0 Å². The average molecular weight is 286 g/mol. The first kappa shape index (κ1) is 15.5. The lowest BCUT2D eigenvalue weighted by molar-refractivity contribution is -0.145. The normalized spacial score (nSPS) is 33.5. The predicted octanol–water partition coefficient (Wildman–Crippen LogP) is 1.07. The minimum absolute atomic E-state index is 0.155. The molecule has 6 nitrogen and oxygen atoms in total. The molecule has 1 amide bonds. The molecular formula is C14H26N2O4. The van der Waals surface area contributed by atoms with Gasteiger partial charge in [-0.05, 0) is 40.5 Å². The third-order valence-corrected chi connectivity index (χ3v) is 4.35. The van der Waals surface area contributed by atoms with Crippen LogP contribution in [0.1, 0.15) is 40.5 Å². The summed E-state index contributed by atoms with van der Waals surface area (Å²) in [5.74, 6) is 0. The van der Waals surface area contributed by atoms with Gasteiger partial charge >= 0.3 is 6.09 Å². The first-order valence-corrected chi connectivity index (χ1v) is 7.23. The lowest BCUT2D eigenvalue weighted by Crippen LogP contribution is -2.54. The molecule has 6 heteroatoms. The number of piperidine rings is 1. The third-order valence-electron chi connectivity index (χ3n) is 4.35. The summed E-state index contributed by atoms with van der Waals surface area (Å²) in [6, 6.07) is -0.196. The number of hydrogen-bond acceptors (Lipinski definition) is 5. The van der Waals surface area contributed by atoms with Crippen molar-refractivity contribution < 1.29 is 19.4 Å². The summed E-state index contributed by atoms with van der Waals surface area (Å²) in [7, 11) is 0. The standard InChI is InChI=1S/C14H26N2O4/c1-9-10(15)14(11(17)19-9)5-7-16(8-6-14)12(18)20-13(2,3)4/h9-11,17H,5-8,15H2,1-4H3/t9-,10+,11?/m0/s1. The first-order valence-electron chi connectivity index (χ1n) is 7.23. The summed E-state index contributed by atoms with van der Waals surface area (Å²) in [4.78, 5) is 13.7. The van der Waals surface area contributed by atoms with Crippen LogP contribution in [-0.4, -0.2) is 53.2 Å². The molecule has 0 bridgehead atoms. The zero-order valence-corrected chi connectivity index (χ0v) is 12.8. The van der Waals surface area contributed by atoms with Gasteiger partial charge in [0.15, 0.2) is 6.29 Å². The number of aliphatic hydroxyl groups excluding tert-OH is 1. The molecule has 2 aliphatic heterocycles. The van der Waals surface area contributed by atoms with Crippen LogP contribution >= 0.6 is 0 Å². The molecule has 116 valence electrons. The number of ether oxygens (including phenoxy) is 2. The summed E-state index contributed by atoms with van der Waals surface area (Å²) in [5, 5.41) is 10.1. The molecular weight excluding hydrogens is 260 g/mol. The van der Waals surface area contributed by atoms with E-state index in [4.69, 9.17) is 15.2 Å². The van der Waals surface area contributed by atoms with E-state index in [0.29, 0.717) is 25.9 Å². The average Bonchev–Trinajstić information content (AvgIpc) is 2.53. The number of rotatable bonds is 0. The van der Waals surface area contributed by atoms with Crippen molar-refractivity contribution in [2.75, 3.05) is 13.1 Å². The van der Waals surface area contributed by atoms with E-state index in [2.05, 4.69) is 0 Å². The Morgan fingerprint density at radius 2 is 1.95 bits per heavy atom. The number of amides is 1. The molecule has 0 aromatic rings. The minimum Gasteiger partial charge on any atom is -0.444 e. The van der Waals surface area contributed by atoms with Crippen molar-refractivity contribution >= 4 is 6.09 Å². The van der Waals surface area contributed by atoms with Crippen molar-refractivity contribution in [2.24, 2.45) is 11.1 Å². The SMILES string of the molecule is C[C@@H]1OC(O)C2(CCN(C(=O)OC(C)(C)C)CC2)[C@@H]1N. The van der Waals surface area contributed by atoms with Crippen LogP contribution in [0.3, 0.4) is 0 Å². The van der Waals surface area contributed by atoms with Gasteiger partial charge in [0.2, 0.25) is 0 Å². The second-order valence-corrected chi connectivity index (χ2v) is 6.92. The van der Waals surface area contributed by atoms with Gasteiger partial charge in [-0.15, -0.1) is 0 Å². The number of hydrogen-bond donors (Lipinski definition) is 2. The number of carbonyl (C=O) groups excluding carboxylic acids is 1. The lowest BCUT2D eigenvalue weighted by atomic mass is 9.72. The quantitative estimate of drug-likeness (QED) is 0.695. The first-order chi connectivity index (χ1) is 9.16. The van der Waals surface area contributed by atoms with Crippen molar-refractivity contribution in [1.29, 1.82) is 0 Å². The lowest BCUT2D eigenvalue weighted by Gasteiger charge is -2.42. The van der Waals surface area contributed by atoms with Gasteiger partial charge in [0.1, 0.15) is 5.60 Å². The molecule has 0 aliphatic carbocycles. The van der Waals surface area contributed by atoms with Crippen LogP contribution in [0, 0.1) is 5.41 Å². The molecule has 2 fully saturated rings. The number of likely N-dealkylation sites (tertiary alicyclic amines) is 1. The number of nitrogens with zero attached hydrogens (tertiary/aromatic N) is 1. The van der Waals surface area contributed by atoms with Crippen molar-refractivity contribution in [3.05, 3.63) is 0 Å². The van der Waals surface area contributed by atoms with Crippen molar-refractivity contribution in [2.45, 2.75) is 64.6 Å². The minimum atomic E-state index is -0.840. The van der Waals surface area contributed by atoms with Crippen LogP contribution in [-0.2, 0) is 9.47 Å². The van der Waals surface area contributed by atoms with Gasteiger partial charge < -0.3 is 25.2 Å². The predicted molar refractivity (Wildman–Crippen MR) is 74.0 cm³/mol. The Balaban J connectivity index is 1.97. The molecule has 2 saturated heterocycles. The Hall–Kier alpha value is -0.850. The van der Waals surface area contributed by atoms with Crippen LogP contribution in [0.4, 0.5) is 4.79 Å². The monoisotopic (exact) mass is 286 g/mol. The molecule has 2 rings (SSSR count). The smallest absolute Gasteiger partial charge is 0.410 e. The van der Waals surface area contributed by atoms with Crippen LogP contribution in [0.5, 0.6) is 0 Å². The molecule has 1 spiro atoms. The van der Waals surface area contributed by atoms with E-state index in [1.54, 1.807) is 4.90 Å². The molecule has 0 saturated carbocycles. The highest BCUT2D eigenvalue weighted by Gasteiger charge is 2.54. The Morgan fingerprint density at radius 3 is 2.35 bits per heavy atom. The number of aliphatic hydroxyl groups is 1. The molecule has 20 heavy (non-hydrogen) atoms. The maximum Gasteiger partial charge on any atom is 0.410 e. The van der Waals surface area contributed by atoms with E-state index in [1.807, 2.05) is 27.7 Å². The molecule has 2 heterocycles. The Kier molecular flexibility index (Phi) is 4.01. The molecule has 0 aromatic carbocycles. The van der Waals surface area contributed by atoms with Crippen LogP contribution in [0.2, 0.25) is 0 Å². The fourth-order valence-corrected chi connectivity index (χ4v) is 3.07. The summed E-state index contributed by atoms with van der Waals surface area (Å²) < 4.78 is 10.8. The fraction of sp³-hybridized carbons (Fsp3) is 0.929. The van der Waals surface area contributed by atoms with Gasteiger partial charge in [-0.25, -0.2) is 4.79 Å². The Bertz CT molecular complexity index is 372. The van der Waals surface area contributed by atoms with Gasteiger partial charge in [-0.2, -0.15) is 0 Å². The highest BCUT2D eigenvalue weighted by atomic mass is 16.6. The van der Waals surface area contributed by atoms with E-state index in [-0.39, 0.29) is 18.2 Å². The van der Waals surface area contributed by atoms with Crippen LogP contribution in [0.15, 0.2) is 0 Å². The molecule has 0 radical (unpaired) electrons. The van der Waals surface area contributed by atoms with Crippen molar-refractivity contribution in [1.82, 2.24) is 4.90 Å². The summed E-state index contributed by atoms with van der Waals surface area (Å²) in [6.07, 6.45) is -0.0218. The zero-order chi connectivity index (χ0) is 15.1. The van der Waals surface area contributed by atoms with E-state index >= 15 is 0 Å². The van der Waals surface area contributed by atoms with Gasteiger partial charge in [-0.1, -0.05) is 0 Å². The fourth-order valence-electron chi connectivity index (χ4n) is 3.07.